The molecule has 0 fully saturated rings. The largest absolute Gasteiger partial charge is 0.394 e. The molecule has 0 spiro atoms. The Morgan fingerprint density at radius 2 is 2.24 bits per heavy atom. The summed E-state index contributed by atoms with van der Waals surface area (Å²) in [6.45, 7) is 2.05. The van der Waals surface area contributed by atoms with E-state index < -0.39 is 4.92 Å². The third kappa shape index (κ3) is 3.26. The number of hydrogen-bond acceptors (Lipinski definition) is 6. The average molecular weight is 291 g/mol. The second-order valence-corrected chi connectivity index (χ2v) is 4.74. The number of ether oxygens (including phenoxy) is 1. The van der Waals surface area contributed by atoms with E-state index in [1.54, 1.807) is 19.2 Å². The van der Waals surface area contributed by atoms with Crippen LogP contribution < -0.4 is 5.32 Å². The summed E-state index contributed by atoms with van der Waals surface area (Å²) >= 11 is 0. The van der Waals surface area contributed by atoms with Gasteiger partial charge in [0.15, 0.2) is 0 Å². The van der Waals surface area contributed by atoms with Gasteiger partial charge in [-0.25, -0.2) is 0 Å². The summed E-state index contributed by atoms with van der Waals surface area (Å²) in [5.41, 5.74) is 1.48. The molecule has 112 valence electrons. The lowest BCUT2D eigenvalue weighted by atomic mass is 10.1. The number of nitro benzene ring substituents is 1. The number of aliphatic hydroxyl groups excluding tert-OH is 1. The fourth-order valence-electron chi connectivity index (χ4n) is 2.17. The highest BCUT2D eigenvalue weighted by atomic mass is 16.6. The molecule has 2 aromatic rings. The molecule has 1 heterocycles. The molecule has 0 saturated carbocycles. The smallest absolute Gasteiger partial charge is 0.278 e. The number of methoxy groups -OCH3 is 1. The molecule has 7 nitrogen and oxygen atoms in total. The minimum absolute atomic E-state index is 0.00957. The quantitative estimate of drug-likeness (QED) is 0.623. The average Bonchev–Trinajstić information content (AvgIpc) is 2.46. The van der Waals surface area contributed by atoms with Crippen LogP contribution >= 0.6 is 0 Å². The van der Waals surface area contributed by atoms with Gasteiger partial charge in [0.2, 0.25) is 0 Å². The number of aryl methyl sites for hydroxylation is 1. The predicted octanol–water partition coefficient (Wildman–Crippen LogP) is 1.87. The van der Waals surface area contributed by atoms with Crippen LogP contribution in [0.1, 0.15) is 5.69 Å². The summed E-state index contributed by atoms with van der Waals surface area (Å²) in [4.78, 5) is 14.8. The van der Waals surface area contributed by atoms with Crippen LogP contribution in [0.15, 0.2) is 24.4 Å². The first kappa shape index (κ1) is 15.1. The molecule has 7 heteroatoms. The fraction of sp³-hybridized carbons (Fsp3) is 0.357. The van der Waals surface area contributed by atoms with Crippen LogP contribution in [-0.2, 0) is 4.74 Å². The van der Waals surface area contributed by atoms with Crippen LogP contribution in [0.3, 0.4) is 0 Å². The van der Waals surface area contributed by atoms with Crippen LogP contribution in [0.25, 0.3) is 10.8 Å². The van der Waals surface area contributed by atoms with Gasteiger partial charge < -0.3 is 15.2 Å². The Bertz CT molecular complexity index is 660. The van der Waals surface area contributed by atoms with Crippen LogP contribution in [0.2, 0.25) is 0 Å². The third-order valence-corrected chi connectivity index (χ3v) is 3.16. The molecular formula is C14H17N3O4. The minimum Gasteiger partial charge on any atom is -0.394 e. The van der Waals surface area contributed by atoms with Gasteiger partial charge in [-0.05, 0) is 19.1 Å². The van der Waals surface area contributed by atoms with E-state index in [-0.39, 0.29) is 18.3 Å². The Hall–Kier alpha value is -2.25. The first-order valence-corrected chi connectivity index (χ1v) is 6.47. The zero-order chi connectivity index (χ0) is 15.4. The van der Waals surface area contributed by atoms with Crippen molar-refractivity contribution in [3.05, 3.63) is 40.2 Å². The molecule has 0 aliphatic rings. The zero-order valence-electron chi connectivity index (χ0n) is 11.9. The number of nitro groups is 1. The summed E-state index contributed by atoms with van der Waals surface area (Å²) in [5, 5.41) is 24.7. The van der Waals surface area contributed by atoms with E-state index in [9.17, 15) is 15.2 Å². The second kappa shape index (κ2) is 6.47. The minimum atomic E-state index is -0.429. The summed E-state index contributed by atoms with van der Waals surface area (Å²) in [5.74, 6) is 0. The lowest BCUT2D eigenvalue weighted by Gasteiger charge is -2.18. The van der Waals surface area contributed by atoms with Crippen LogP contribution in [-0.4, -0.2) is 41.4 Å². The SMILES string of the molecule is COCC(CO)Nc1ccc([N+](=O)[O-])c2cnc(C)cc12. The molecule has 0 saturated heterocycles. The number of benzene rings is 1. The van der Waals surface area contributed by atoms with Gasteiger partial charge in [-0.15, -0.1) is 0 Å². The van der Waals surface area contributed by atoms with Crippen molar-refractivity contribution in [1.82, 2.24) is 4.98 Å². The molecule has 0 amide bonds. The molecule has 0 aliphatic carbocycles. The number of aliphatic hydroxyl groups is 1. The highest BCUT2D eigenvalue weighted by Crippen LogP contribution is 2.31. The van der Waals surface area contributed by atoms with Crippen molar-refractivity contribution in [3.8, 4) is 0 Å². The number of rotatable bonds is 6. The maximum atomic E-state index is 11.1. The van der Waals surface area contributed by atoms with E-state index in [1.165, 1.54) is 12.3 Å². The van der Waals surface area contributed by atoms with Crippen LogP contribution in [0.4, 0.5) is 11.4 Å². The number of fused-ring (bicyclic) bond motifs is 1. The highest BCUT2D eigenvalue weighted by molar-refractivity contribution is 5.99. The van der Waals surface area contributed by atoms with Crippen LogP contribution in [0, 0.1) is 17.0 Å². The summed E-state index contributed by atoms with van der Waals surface area (Å²) in [7, 11) is 1.55. The van der Waals surface area contributed by atoms with E-state index in [0.29, 0.717) is 23.1 Å². The third-order valence-electron chi connectivity index (χ3n) is 3.16. The van der Waals surface area contributed by atoms with E-state index >= 15 is 0 Å². The molecule has 2 N–H and O–H groups in total. The maximum Gasteiger partial charge on any atom is 0.278 e. The first-order chi connectivity index (χ1) is 10.1. The Morgan fingerprint density at radius 3 is 2.86 bits per heavy atom. The highest BCUT2D eigenvalue weighted by Gasteiger charge is 2.16. The lowest BCUT2D eigenvalue weighted by Crippen LogP contribution is -2.28. The number of non-ortho nitro benzene ring substituents is 1. The van der Waals surface area contributed by atoms with Gasteiger partial charge in [0.05, 0.1) is 29.6 Å². The lowest BCUT2D eigenvalue weighted by molar-refractivity contribution is -0.383. The molecule has 0 bridgehead atoms. The Morgan fingerprint density at radius 1 is 1.48 bits per heavy atom. The van der Waals surface area contributed by atoms with Crippen molar-refractivity contribution < 1.29 is 14.8 Å². The topological polar surface area (TPSA) is 97.5 Å². The number of anilines is 1. The Kier molecular flexibility index (Phi) is 4.66. The number of nitrogens with zero attached hydrogens (tertiary/aromatic N) is 2. The van der Waals surface area contributed by atoms with Gasteiger partial charge in [0.25, 0.3) is 5.69 Å². The van der Waals surface area contributed by atoms with Crippen molar-refractivity contribution in [2.75, 3.05) is 25.6 Å². The molecule has 2 rings (SSSR count). The van der Waals surface area contributed by atoms with Gasteiger partial charge in [-0.3, -0.25) is 15.1 Å². The first-order valence-electron chi connectivity index (χ1n) is 6.47. The second-order valence-electron chi connectivity index (χ2n) is 4.74. The molecule has 1 aromatic carbocycles. The summed E-state index contributed by atoms with van der Waals surface area (Å²) in [6.07, 6.45) is 1.50. The van der Waals surface area contributed by atoms with E-state index in [4.69, 9.17) is 4.74 Å². The fourth-order valence-corrected chi connectivity index (χ4v) is 2.17. The molecule has 21 heavy (non-hydrogen) atoms. The predicted molar refractivity (Wildman–Crippen MR) is 79.5 cm³/mol. The van der Waals surface area contributed by atoms with Gasteiger partial charge >= 0.3 is 0 Å². The van der Waals surface area contributed by atoms with E-state index in [0.717, 1.165) is 5.69 Å². The van der Waals surface area contributed by atoms with Crippen molar-refractivity contribution in [2.45, 2.75) is 13.0 Å². The van der Waals surface area contributed by atoms with E-state index in [2.05, 4.69) is 10.3 Å². The van der Waals surface area contributed by atoms with Gasteiger partial charge in [-0.2, -0.15) is 0 Å². The summed E-state index contributed by atoms with van der Waals surface area (Å²) in [6, 6.07) is 4.57. The number of pyridine rings is 1. The number of aromatic nitrogens is 1. The Labute approximate surface area is 121 Å². The molecule has 0 aliphatic heterocycles. The van der Waals surface area contributed by atoms with Gasteiger partial charge in [-0.1, -0.05) is 0 Å². The molecule has 0 radical (unpaired) electrons. The zero-order valence-corrected chi connectivity index (χ0v) is 11.9. The number of nitrogens with one attached hydrogen (secondary N) is 1. The van der Waals surface area contributed by atoms with E-state index in [1.807, 2.05) is 6.92 Å². The van der Waals surface area contributed by atoms with Crippen LogP contribution in [0.5, 0.6) is 0 Å². The van der Waals surface area contributed by atoms with Gasteiger partial charge in [0.1, 0.15) is 0 Å². The molecule has 1 atom stereocenters. The Balaban J connectivity index is 2.51. The molecule has 1 aromatic heterocycles. The number of hydrogen-bond donors (Lipinski definition) is 2. The normalized spacial score (nSPS) is 12.3. The maximum absolute atomic E-state index is 11.1. The van der Waals surface area contributed by atoms with Crippen molar-refractivity contribution in [1.29, 1.82) is 0 Å². The summed E-state index contributed by atoms with van der Waals surface area (Å²) < 4.78 is 5.02. The monoisotopic (exact) mass is 291 g/mol. The molecule has 1 unspecified atom stereocenters. The van der Waals surface area contributed by atoms with Gasteiger partial charge in [0, 0.05) is 36.1 Å². The van der Waals surface area contributed by atoms with Crippen molar-refractivity contribution >= 4 is 22.1 Å². The standard InChI is InChI=1S/C14H17N3O4/c1-9-5-11-12(6-15-9)14(17(19)20)4-3-13(11)16-10(7-18)8-21-2/h3-6,10,16,18H,7-8H2,1-2H3. The van der Waals surface area contributed by atoms with Crippen molar-refractivity contribution in [3.63, 3.8) is 0 Å². The van der Waals surface area contributed by atoms with Crippen molar-refractivity contribution in [2.24, 2.45) is 0 Å². The molecular weight excluding hydrogens is 274 g/mol.